The Bertz CT molecular complexity index is 565. The number of amides is 1. The Morgan fingerprint density at radius 1 is 1.17 bits per heavy atom. The summed E-state index contributed by atoms with van der Waals surface area (Å²) in [6.07, 6.45) is -0.118. The van der Waals surface area contributed by atoms with Gasteiger partial charge in [-0.2, -0.15) is 13.2 Å². The van der Waals surface area contributed by atoms with Crippen molar-refractivity contribution in [1.29, 1.82) is 0 Å². The van der Waals surface area contributed by atoms with Gasteiger partial charge in [0.25, 0.3) is 5.91 Å². The number of alkyl halides is 3. The van der Waals surface area contributed by atoms with E-state index in [1.807, 2.05) is 6.07 Å². The van der Waals surface area contributed by atoms with Crippen LogP contribution in [0, 0.1) is 0 Å². The zero-order chi connectivity index (χ0) is 16.7. The largest absolute Gasteiger partial charge is 0.417 e. The summed E-state index contributed by atoms with van der Waals surface area (Å²) >= 11 is 1.48. The summed E-state index contributed by atoms with van der Waals surface area (Å²) in [6, 6.07) is 1.91. The number of aryl methyl sites for hydroxylation is 2. The Kier molecular flexibility index (Phi) is 4.44. The summed E-state index contributed by atoms with van der Waals surface area (Å²) < 4.78 is 38.5. The minimum absolute atomic E-state index is 0.0581. The molecule has 1 aromatic rings. The summed E-state index contributed by atoms with van der Waals surface area (Å²) in [5, 5.41) is 9.68. The molecule has 1 saturated heterocycles. The summed E-state index contributed by atoms with van der Waals surface area (Å²) in [7, 11) is 0. The number of hydrogen-bond acceptors (Lipinski definition) is 3. The number of halogens is 3. The van der Waals surface area contributed by atoms with Crippen LogP contribution in [0.5, 0.6) is 0 Å². The summed E-state index contributed by atoms with van der Waals surface area (Å²) in [4.78, 5) is 15.8. The highest BCUT2D eigenvalue weighted by Gasteiger charge is 2.54. The van der Waals surface area contributed by atoms with Crippen LogP contribution < -0.4 is 0 Å². The number of fused-ring (bicyclic) bond motifs is 1. The molecular weight excluding hydrogens is 327 g/mol. The molecule has 0 radical (unpaired) electrons. The lowest BCUT2D eigenvalue weighted by Gasteiger charge is -2.38. The topological polar surface area (TPSA) is 40.5 Å². The lowest BCUT2D eigenvalue weighted by molar-refractivity contribution is -0.271. The van der Waals surface area contributed by atoms with Crippen LogP contribution in [-0.2, 0) is 12.8 Å². The van der Waals surface area contributed by atoms with E-state index in [1.54, 1.807) is 0 Å². The van der Waals surface area contributed by atoms with Gasteiger partial charge in [-0.25, -0.2) is 0 Å². The molecule has 0 aromatic carbocycles. The number of thiophene rings is 1. The molecule has 3 nitrogen and oxygen atoms in total. The summed E-state index contributed by atoms with van der Waals surface area (Å²) in [6.45, 7) is -0.116. The average Bonchev–Trinajstić information content (AvgIpc) is 2.77. The van der Waals surface area contributed by atoms with Gasteiger partial charge in [-0.1, -0.05) is 6.42 Å². The number of likely N-dealkylation sites (tertiary alicyclic amines) is 1. The van der Waals surface area contributed by atoms with Gasteiger partial charge >= 0.3 is 6.18 Å². The van der Waals surface area contributed by atoms with Crippen molar-refractivity contribution in [2.45, 2.75) is 56.7 Å². The van der Waals surface area contributed by atoms with E-state index in [1.165, 1.54) is 33.1 Å². The first kappa shape index (κ1) is 16.8. The monoisotopic (exact) mass is 347 g/mol. The third-order valence-corrected chi connectivity index (χ3v) is 6.09. The molecule has 0 saturated carbocycles. The smallest absolute Gasteiger partial charge is 0.380 e. The van der Waals surface area contributed by atoms with E-state index in [0.717, 1.165) is 25.7 Å². The Labute approximate surface area is 137 Å². The molecule has 0 atom stereocenters. The van der Waals surface area contributed by atoms with Gasteiger partial charge in [-0.05, 0) is 37.3 Å². The Morgan fingerprint density at radius 2 is 1.83 bits per heavy atom. The molecule has 1 fully saturated rings. The Hall–Kier alpha value is -1.08. The van der Waals surface area contributed by atoms with Crippen LogP contribution >= 0.6 is 11.3 Å². The first-order valence-electron chi connectivity index (χ1n) is 8.00. The number of hydrogen-bond donors (Lipinski definition) is 1. The standard InChI is InChI=1S/C16H20F3NO2S/c17-16(18,19)15(22)6-8-20(9-7-15)14(21)13-10-11-4-2-1-3-5-12(11)23-13/h10,22H,1-9H2. The highest BCUT2D eigenvalue weighted by molar-refractivity contribution is 7.14. The van der Waals surface area contributed by atoms with Crippen LogP contribution in [0.4, 0.5) is 13.2 Å². The van der Waals surface area contributed by atoms with Crippen LogP contribution in [0.25, 0.3) is 0 Å². The van der Waals surface area contributed by atoms with Crippen molar-refractivity contribution in [1.82, 2.24) is 4.90 Å². The molecule has 1 aliphatic heterocycles. The molecule has 7 heteroatoms. The van der Waals surface area contributed by atoms with Crippen LogP contribution in [0.2, 0.25) is 0 Å². The van der Waals surface area contributed by atoms with Gasteiger partial charge in [-0.15, -0.1) is 11.3 Å². The van der Waals surface area contributed by atoms with Crippen LogP contribution in [-0.4, -0.2) is 40.8 Å². The fraction of sp³-hybridized carbons (Fsp3) is 0.688. The molecule has 2 aliphatic rings. The second-order valence-electron chi connectivity index (χ2n) is 6.44. The molecule has 1 amide bonds. The van der Waals surface area contributed by atoms with E-state index in [-0.39, 0.29) is 19.0 Å². The van der Waals surface area contributed by atoms with Crippen molar-refractivity contribution in [2.75, 3.05) is 13.1 Å². The minimum Gasteiger partial charge on any atom is -0.380 e. The number of carbonyl (C=O) groups excluding carboxylic acids is 1. The molecule has 1 N–H and O–H groups in total. The third kappa shape index (κ3) is 3.26. The summed E-state index contributed by atoms with van der Waals surface area (Å²) in [5.74, 6) is -0.202. The second-order valence-corrected chi connectivity index (χ2v) is 7.58. The predicted molar refractivity (Wildman–Crippen MR) is 81.7 cm³/mol. The molecule has 1 aromatic heterocycles. The molecule has 0 unspecified atom stereocenters. The van der Waals surface area contributed by atoms with E-state index in [4.69, 9.17) is 0 Å². The number of aliphatic hydroxyl groups is 1. The first-order valence-corrected chi connectivity index (χ1v) is 8.82. The van der Waals surface area contributed by atoms with Crippen LogP contribution in [0.15, 0.2) is 6.07 Å². The van der Waals surface area contributed by atoms with E-state index in [0.29, 0.717) is 4.88 Å². The van der Waals surface area contributed by atoms with E-state index in [2.05, 4.69) is 0 Å². The van der Waals surface area contributed by atoms with Gasteiger partial charge < -0.3 is 10.0 Å². The molecule has 128 valence electrons. The zero-order valence-corrected chi connectivity index (χ0v) is 13.6. The zero-order valence-electron chi connectivity index (χ0n) is 12.8. The maximum absolute atomic E-state index is 12.8. The number of rotatable bonds is 1. The lowest BCUT2D eigenvalue weighted by Crippen LogP contribution is -2.54. The molecular formula is C16H20F3NO2S. The second kappa shape index (κ2) is 6.09. The predicted octanol–water partition coefficient (Wildman–Crippen LogP) is 3.55. The molecule has 23 heavy (non-hydrogen) atoms. The molecule has 0 spiro atoms. The number of carbonyl (C=O) groups is 1. The van der Waals surface area contributed by atoms with Gasteiger partial charge in [0.2, 0.25) is 0 Å². The van der Waals surface area contributed by atoms with Crippen molar-refractivity contribution >= 4 is 17.2 Å². The Balaban J connectivity index is 1.68. The number of piperidine rings is 1. The van der Waals surface area contributed by atoms with E-state index < -0.39 is 24.6 Å². The highest BCUT2D eigenvalue weighted by Crippen LogP contribution is 2.39. The van der Waals surface area contributed by atoms with Gasteiger partial charge in [-0.3, -0.25) is 4.79 Å². The SMILES string of the molecule is O=C(c1cc2c(s1)CCCCC2)N1CCC(O)(C(F)(F)F)CC1. The van der Waals surface area contributed by atoms with Crippen molar-refractivity contribution in [3.05, 3.63) is 21.4 Å². The quantitative estimate of drug-likeness (QED) is 0.790. The van der Waals surface area contributed by atoms with Crippen molar-refractivity contribution in [2.24, 2.45) is 0 Å². The molecule has 1 aliphatic carbocycles. The third-order valence-electron chi connectivity index (χ3n) is 4.86. The Morgan fingerprint density at radius 3 is 2.48 bits per heavy atom. The minimum atomic E-state index is -4.64. The fourth-order valence-electron chi connectivity index (χ4n) is 3.29. The van der Waals surface area contributed by atoms with Crippen molar-refractivity contribution < 1.29 is 23.1 Å². The lowest BCUT2D eigenvalue weighted by atomic mass is 9.90. The maximum atomic E-state index is 12.8. The van der Waals surface area contributed by atoms with Crippen LogP contribution in [0.1, 0.15) is 52.2 Å². The normalized spacial score (nSPS) is 21.7. The van der Waals surface area contributed by atoms with Crippen LogP contribution in [0.3, 0.4) is 0 Å². The molecule has 3 rings (SSSR count). The first-order chi connectivity index (χ1) is 10.8. The maximum Gasteiger partial charge on any atom is 0.417 e. The molecule has 2 heterocycles. The van der Waals surface area contributed by atoms with E-state index in [9.17, 15) is 23.1 Å². The van der Waals surface area contributed by atoms with Crippen molar-refractivity contribution in [3.8, 4) is 0 Å². The van der Waals surface area contributed by atoms with Gasteiger partial charge in [0, 0.05) is 30.8 Å². The fourth-order valence-corrected chi connectivity index (χ4v) is 4.51. The van der Waals surface area contributed by atoms with Gasteiger partial charge in [0.15, 0.2) is 5.60 Å². The highest BCUT2D eigenvalue weighted by atomic mass is 32.1. The van der Waals surface area contributed by atoms with Crippen molar-refractivity contribution in [3.63, 3.8) is 0 Å². The van der Waals surface area contributed by atoms with Gasteiger partial charge in [0.05, 0.1) is 4.88 Å². The summed E-state index contributed by atoms with van der Waals surface area (Å²) in [5.41, 5.74) is -1.43. The molecule has 0 bridgehead atoms. The van der Waals surface area contributed by atoms with E-state index >= 15 is 0 Å². The number of nitrogens with zero attached hydrogens (tertiary/aromatic N) is 1. The van der Waals surface area contributed by atoms with Gasteiger partial charge in [0.1, 0.15) is 0 Å². The average molecular weight is 347 g/mol.